The minimum atomic E-state index is -0.196. The second kappa shape index (κ2) is 11.2. The summed E-state index contributed by atoms with van der Waals surface area (Å²) < 4.78 is 5.54. The molecule has 0 bridgehead atoms. The van der Waals surface area contributed by atoms with Crippen LogP contribution in [0.3, 0.4) is 0 Å². The predicted octanol–water partition coefficient (Wildman–Crippen LogP) is 3.74. The molecule has 0 aliphatic carbocycles. The van der Waals surface area contributed by atoms with Crippen molar-refractivity contribution >= 4 is 23.5 Å². The molecule has 0 saturated carbocycles. The molecule has 1 aliphatic rings. The third-order valence-corrected chi connectivity index (χ3v) is 6.02. The van der Waals surface area contributed by atoms with Gasteiger partial charge in [0.05, 0.1) is 0 Å². The lowest BCUT2D eigenvalue weighted by atomic mass is 9.74. The molecule has 6 nitrogen and oxygen atoms in total. The van der Waals surface area contributed by atoms with Gasteiger partial charge in [0.25, 0.3) is 0 Å². The summed E-state index contributed by atoms with van der Waals surface area (Å²) in [4.78, 5) is 26.3. The first-order chi connectivity index (χ1) is 15.0. The van der Waals surface area contributed by atoms with Crippen LogP contribution in [0, 0.1) is 0 Å². The number of ether oxygens (including phenoxy) is 1. The van der Waals surface area contributed by atoms with E-state index >= 15 is 0 Å². The van der Waals surface area contributed by atoms with Crippen LogP contribution in [-0.2, 0) is 21.5 Å². The average Bonchev–Trinajstić information content (AvgIpc) is 2.79. The summed E-state index contributed by atoms with van der Waals surface area (Å²) in [6.45, 7) is 2.69. The number of nitrogens with one attached hydrogen (secondary N) is 2. The van der Waals surface area contributed by atoms with Gasteiger partial charge in [-0.1, -0.05) is 54.1 Å². The van der Waals surface area contributed by atoms with Crippen molar-refractivity contribution in [2.24, 2.45) is 0 Å². The fourth-order valence-corrected chi connectivity index (χ4v) is 3.96. The van der Waals surface area contributed by atoms with Crippen LogP contribution < -0.4 is 10.6 Å². The molecule has 1 aliphatic heterocycles. The van der Waals surface area contributed by atoms with Gasteiger partial charge in [-0.2, -0.15) is 0 Å². The molecule has 0 spiro atoms. The van der Waals surface area contributed by atoms with Crippen molar-refractivity contribution in [3.63, 3.8) is 0 Å². The summed E-state index contributed by atoms with van der Waals surface area (Å²) in [5.41, 5.74) is 2.07. The van der Waals surface area contributed by atoms with Gasteiger partial charge in [-0.15, -0.1) is 0 Å². The lowest BCUT2D eigenvalue weighted by Crippen LogP contribution is -2.45. The Kier molecular flexibility index (Phi) is 8.32. The van der Waals surface area contributed by atoms with E-state index in [0.29, 0.717) is 37.9 Å². The maximum Gasteiger partial charge on any atom is 0.317 e. The van der Waals surface area contributed by atoms with E-state index in [4.69, 9.17) is 16.3 Å². The zero-order chi connectivity index (χ0) is 22.1. The standard InChI is InChI=1S/C24H30ClN3O3/c1-28(17-19-5-3-2-4-6-19)23(30)26-14-11-22(29)27-18-24(12-15-31-16-13-24)20-7-9-21(25)10-8-20/h2-10H,11-18H2,1H3,(H,26,30)(H,27,29). The topological polar surface area (TPSA) is 70.7 Å². The highest BCUT2D eigenvalue weighted by Crippen LogP contribution is 2.34. The Morgan fingerprint density at radius 3 is 2.39 bits per heavy atom. The lowest BCUT2D eigenvalue weighted by Gasteiger charge is -2.38. The Bertz CT molecular complexity index is 852. The molecule has 1 fully saturated rings. The summed E-state index contributed by atoms with van der Waals surface area (Å²) in [5.74, 6) is -0.0779. The predicted molar refractivity (Wildman–Crippen MR) is 122 cm³/mol. The van der Waals surface area contributed by atoms with E-state index in [2.05, 4.69) is 10.6 Å². The second-order valence-electron chi connectivity index (χ2n) is 8.00. The summed E-state index contributed by atoms with van der Waals surface area (Å²) in [6, 6.07) is 17.4. The van der Waals surface area contributed by atoms with Crippen molar-refractivity contribution in [2.75, 3.05) is 33.4 Å². The van der Waals surface area contributed by atoms with Gasteiger partial charge in [-0.05, 0) is 36.1 Å². The third-order valence-electron chi connectivity index (χ3n) is 5.77. The monoisotopic (exact) mass is 443 g/mol. The molecule has 2 N–H and O–H groups in total. The zero-order valence-corrected chi connectivity index (χ0v) is 18.7. The Morgan fingerprint density at radius 1 is 1.03 bits per heavy atom. The van der Waals surface area contributed by atoms with E-state index in [1.807, 2.05) is 54.6 Å². The number of hydrogen-bond acceptors (Lipinski definition) is 3. The summed E-state index contributed by atoms with van der Waals surface area (Å²) in [6.07, 6.45) is 1.92. The molecule has 7 heteroatoms. The normalized spacial score (nSPS) is 15.2. The fraction of sp³-hybridized carbons (Fsp3) is 0.417. The number of carbonyl (C=O) groups excluding carboxylic acids is 2. The second-order valence-corrected chi connectivity index (χ2v) is 8.44. The average molecular weight is 444 g/mol. The van der Waals surface area contributed by atoms with Crippen LogP contribution in [0.5, 0.6) is 0 Å². The number of nitrogens with zero attached hydrogens (tertiary/aromatic N) is 1. The summed E-state index contributed by atoms with van der Waals surface area (Å²) >= 11 is 6.04. The van der Waals surface area contributed by atoms with E-state index in [-0.39, 0.29) is 23.8 Å². The molecule has 1 saturated heterocycles. The Labute approximate surface area is 188 Å². The van der Waals surface area contributed by atoms with Crippen molar-refractivity contribution in [2.45, 2.75) is 31.2 Å². The van der Waals surface area contributed by atoms with E-state index in [1.165, 1.54) is 0 Å². The summed E-state index contributed by atoms with van der Waals surface area (Å²) in [5, 5.41) is 6.56. The Morgan fingerprint density at radius 2 is 1.71 bits per heavy atom. The first kappa shape index (κ1) is 23.1. The van der Waals surface area contributed by atoms with Crippen LogP contribution in [0.2, 0.25) is 5.02 Å². The van der Waals surface area contributed by atoms with E-state index < -0.39 is 0 Å². The van der Waals surface area contributed by atoms with Crippen LogP contribution in [-0.4, -0.2) is 50.2 Å². The Balaban J connectivity index is 1.45. The lowest BCUT2D eigenvalue weighted by molar-refractivity contribution is -0.121. The number of hydrogen-bond donors (Lipinski definition) is 2. The Hall–Kier alpha value is -2.57. The molecule has 2 aromatic carbocycles. The first-order valence-corrected chi connectivity index (χ1v) is 11.0. The van der Waals surface area contributed by atoms with Crippen molar-refractivity contribution in [1.29, 1.82) is 0 Å². The van der Waals surface area contributed by atoms with Gasteiger partial charge in [0.1, 0.15) is 0 Å². The highest BCUT2D eigenvalue weighted by Gasteiger charge is 2.34. The van der Waals surface area contributed by atoms with Crippen molar-refractivity contribution in [3.8, 4) is 0 Å². The molecule has 166 valence electrons. The van der Waals surface area contributed by atoms with Gasteiger partial charge < -0.3 is 20.3 Å². The fourth-order valence-electron chi connectivity index (χ4n) is 3.84. The molecule has 0 atom stereocenters. The molecular weight excluding hydrogens is 414 g/mol. The molecule has 1 heterocycles. The third kappa shape index (κ3) is 6.71. The van der Waals surface area contributed by atoms with Gasteiger partial charge in [0, 0.05) is 56.8 Å². The van der Waals surface area contributed by atoms with Crippen molar-refractivity contribution in [3.05, 3.63) is 70.7 Å². The maximum absolute atomic E-state index is 12.4. The SMILES string of the molecule is CN(Cc1ccccc1)C(=O)NCCC(=O)NCC1(c2ccc(Cl)cc2)CCOCC1. The van der Waals surface area contributed by atoms with Gasteiger partial charge >= 0.3 is 6.03 Å². The quantitative estimate of drug-likeness (QED) is 0.653. The number of rotatable bonds is 8. The van der Waals surface area contributed by atoms with Crippen LogP contribution in [0.1, 0.15) is 30.4 Å². The first-order valence-electron chi connectivity index (χ1n) is 10.6. The smallest absolute Gasteiger partial charge is 0.317 e. The van der Waals surface area contributed by atoms with E-state index in [9.17, 15) is 9.59 Å². The highest BCUT2D eigenvalue weighted by atomic mass is 35.5. The van der Waals surface area contributed by atoms with Gasteiger partial charge in [0.2, 0.25) is 5.91 Å². The van der Waals surface area contributed by atoms with E-state index in [0.717, 1.165) is 24.0 Å². The number of urea groups is 1. The molecule has 2 aromatic rings. The van der Waals surface area contributed by atoms with Gasteiger partial charge in [0.15, 0.2) is 0 Å². The van der Waals surface area contributed by atoms with Gasteiger partial charge in [-0.25, -0.2) is 4.79 Å². The number of benzene rings is 2. The van der Waals surface area contributed by atoms with Crippen molar-refractivity contribution < 1.29 is 14.3 Å². The van der Waals surface area contributed by atoms with Crippen LogP contribution in [0.25, 0.3) is 0 Å². The molecule has 31 heavy (non-hydrogen) atoms. The molecular formula is C24H30ClN3O3. The minimum Gasteiger partial charge on any atom is -0.381 e. The maximum atomic E-state index is 12.4. The largest absolute Gasteiger partial charge is 0.381 e. The summed E-state index contributed by atoms with van der Waals surface area (Å²) in [7, 11) is 1.74. The zero-order valence-electron chi connectivity index (χ0n) is 17.9. The van der Waals surface area contributed by atoms with Crippen LogP contribution in [0.15, 0.2) is 54.6 Å². The van der Waals surface area contributed by atoms with Gasteiger partial charge in [-0.3, -0.25) is 4.79 Å². The number of carbonyl (C=O) groups is 2. The molecule has 0 unspecified atom stereocenters. The minimum absolute atomic E-state index is 0.0779. The number of amides is 3. The van der Waals surface area contributed by atoms with Crippen LogP contribution >= 0.6 is 11.6 Å². The molecule has 3 rings (SSSR count). The molecule has 0 radical (unpaired) electrons. The highest BCUT2D eigenvalue weighted by molar-refractivity contribution is 6.30. The number of halogens is 1. The van der Waals surface area contributed by atoms with Crippen molar-refractivity contribution in [1.82, 2.24) is 15.5 Å². The van der Waals surface area contributed by atoms with Crippen LogP contribution in [0.4, 0.5) is 4.79 Å². The van der Waals surface area contributed by atoms with E-state index in [1.54, 1.807) is 11.9 Å². The molecule has 0 aromatic heterocycles. The molecule has 3 amide bonds.